The highest BCUT2D eigenvalue weighted by Crippen LogP contribution is 2.24. The van der Waals surface area contributed by atoms with Gasteiger partial charge in [0.05, 0.1) is 6.54 Å². The average Bonchev–Trinajstić information content (AvgIpc) is 2.92. The third-order valence-corrected chi connectivity index (χ3v) is 4.50. The molecule has 1 unspecified atom stereocenters. The summed E-state index contributed by atoms with van der Waals surface area (Å²) in [6.45, 7) is 10.2. The zero-order valence-corrected chi connectivity index (χ0v) is 14.1. The number of hydrogen-bond acceptors (Lipinski definition) is 3. The molecule has 1 atom stereocenters. The highest BCUT2D eigenvalue weighted by atomic mass is 16.1. The van der Waals surface area contributed by atoms with Crippen molar-refractivity contribution in [1.82, 2.24) is 20.2 Å². The highest BCUT2D eigenvalue weighted by molar-refractivity contribution is 5.76. The Balaban J connectivity index is 1.76. The van der Waals surface area contributed by atoms with Crippen molar-refractivity contribution in [3.05, 3.63) is 18.2 Å². The van der Waals surface area contributed by atoms with Gasteiger partial charge in [0.15, 0.2) is 0 Å². The molecular weight excluding hydrogens is 276 g/mol. The van der Waals surface area contributed by atoms with Gasteiger partial charge in [0.2, 0.25) is 5.91 Å². The van der Waals surface area contributed by atoms with E-state index < -0.39 is 0 Å². The molecule has 2 N–H and O–H groups in total. The first-order valence-corrected chi connectivity index (χ1v) is 8.53. The number of rotatable bonds is 7. The van der Waals surface area contributed by atoms with Crippen LogP contribution < -0.4 is 10.6 Å². The van der Waals surface area contributed by atoms with Crippen LogP contribution in [0.15, 0.2) is 12.4 Å². The number of carbonyl (C=O) groups is 1. The Kier molecular flexibility index (Phi) is 6.43. The van der Waals surface area contributed by atoms with Gasteiger partial charge in [-0.15, -0.1) is 0 Å². The Labute approximate surface area is 133 Å². The molecule has 1 aliphatic rings. The predicted octanol–water partition coefficient (Wildman–Crippen LogP) is 2.18. The highest BCUT2D eigenvalue weighted by Gasteiger charge is 2.22. The first kappa shape index (κ1) is 17.0. The second-order valence-corrected chi connectivity index (χ2v) is 6.94. The van der Waals surface area contributed by atoms with E-state index in [0.717, 1.165) is 25.5 Å². The molecule has 22 heavy (non-hydrogen) atoms. The Bertz CT molecular complexity index is 463. The molecule has 0 bridgehead atoms. The monoisotopic (exact) mass is 306 g/mol. The van der Waals surface area contributed by atoms with Crippen molar-refractivity contribution in [2.75, 3.05) is 13.1 Å². The number of nitrogens with zero attached hydrogens (tertiary/aromatic N) is 2. The standard InChI is InChI=1S/C17H30N4O/c1-13(2)12-21-9-8-19-16(21)11-20-17(22)10-14(3)15-4-6-18-7-5-15/h8-9,13-15,18H,4-7,10-12H2,1-3H3,(H,20,22). The number of carbonyl (C=O) groups excluding carboxylic acids is 1. The zero-order chi connectivity index (χ0) is 15.9. The Morgan fingerprint density at radius 2 is 2.14 bits per heavy atom. The maximum atomic E-state index is 12.2. The summed E-state index contributed by atoms with van der Waals surface area (Å²) in [7, 11) is 0. The number of nitrogens with one attached hydrogen (secondary N) is 2. The molecule has 0 spiro atoms. The molecule has 5 heteroatoms. The summed E-state index contributed by atoms with van der Waals surface area (Å²) in [4.78, 5) is 16.5. The van der Waals surface area contributed by atoms with Gasteiger partial charge in [-0.25, -0.2) is 4.98 Å². The van der Waals surface area contributed by atoms with Crippen molar-refractivity contribution in [3.8, 4) is 0 Å². The first-order chi connectivity index (χ1) is 10.6. The van der Waals surface area contributed by atoms with Gasteiger partial charge in [-0.05, 0) is 43.7 Å². The minimum atomic E-state index is 0.144. The normalized spacial score (nSPS) is 17.6. The van der Waals surface area contributed by atoms with Crippen LogP contribution in [-0.2, 0) is 17.9 Å². The fourth-order valence-electron chi connectivity index (χ4n) is 3.19. The van der Waals surface area contributed by atoms with Gasteiger partial charge in [-0.3, -0.25) is 4.79 Å². The number of piperidine rings is 1. The number of aromatic nitrogens is 2. The fourth-order valence-corrected chi connectivity index (χ4v) is 3.19. The summed E-state index contributed by atoms with van der Waals surface area (Å²) in [5.74, 6) is 2.79. The number of imidazole rings is 1. The second kappa shape index (κ2) is 8.32. The molecule has 1 saturated heterocycles. The molecule has 2 rings (SSSR count). The third-order valence-electron chi connectivity index (χ3n) is 4.50. The van der Waals surface area contributed by atoms with Crippen LogP contribution in [0.25, 0.3) is 0 Å². The Morgan fingerprint density at radius 3 is 2.82 bits per heavy atom. The molecule has 1 amide bonds. The van der Waals surface area contributed by atoms with Gasteiger partial charge < -0.3 is 15.2 Å². The molecule has 0 aromatic carbocycles. The van der Waals surface area contributed by atoms with Gasteiger partial charge in [-0.1, -0.05) is 20.8 Å². The lowest BCUT2D eigenvalue weighted by Gasteiger charge is -2.27. The summed E-state index contributed by atoms with van der Waals surface area (Å²) in [5, 5.41) is 6.41. The third kappa shape index (κ3) is 5.13. The minimum Gasteiger partial charge on any atom is -0.349 e. The van der Waals surface area contributed by atoms with Crippen molar-refractivity contribution in [2.45, 2.75) is 53.1 Å². The van der Waals surface area contributed by atoms with Crippen LogP contribution in [0.3, 0.4) is 0 Å². The van der Waals surface area contributed by atoms with Crippen LogP contribution in [0.2, 0.25) is 0 Å². The Morgan fingerprint density at radius 1 is 1.41 bits per heavy atom. The quantitative estimate of drug-likeness (QED) is 0.812. The maximum Gasteiger partial charge on any atom is 0.220 e. The fraction of sp³-hybridized carbons (Fsp3) is 0.765. The predicted molar refractivity (Wildman–Crippen MR) is 88.3 cm³/mol. The van der Waals surface area contributed by atoms with Gasteiger partial charge in [-0.2, -0.15) is 0 Å². The van der Waals surface area contributed by atoms with Gasteiger partial charge in [0.25, 0.3) is 0 Å². The maximum absolute atomic E-state index is 12.2. The summed E-state index contributed by atoms with van der Waals surface area (Å²) in [5.41, 5.74) is 0. The lowest BCUT2D eigenvalue weighted by molar-refractivity contribution is -0.122. The summed E-state index contributed by atoms with van der Waals surface area (Å²) < 4.78 is 2.13. The van der Waals surface area contributed by atoms with E-state index >= 15 is 0 Å². The van der Waals surface area contributed by atoms with Crippen LogP contribution in [-0.4, -0.2) is 28.5 Å². The largest absolute Gasteiger partial charge is 0.349 e. The molecule has 0 saturated carbocycles. The van der Waals surface area contributed by atoms with Gasteiger partial charge >= 0.3 is 0 Å². The first-order valence-electron chi connectivity index (χ1n) is 8.53. The van der Waals surface area contributed by atoms with E-state index in [4.69, 9.17) is 0 Å². The SMILES string of the molecule is CC(C)Cn1ccnc1CNC(=O)CC(C)C1CCNCC1. The van der Waals surface area contributed by atoms with Gasteiger partial charge in [0, 0.05) is 25.4 Å². The van der Waals surface area contributed by atoms with E-state index in [0.29, 0.717) is 30.7 Å². The molecular formula is C17H30N4O. The molecule has 1 aromatic heterocycles. The average molecular weight is 306 g/mol. The molecule has 124 valence electrons. The van der Waals surface area contributed by atoms with Crippen LogP contribution >= 0.6 is 0 Å². The van der Waals surface area contributed by atoms with Crippen molar-refractivity contribution < 1.29 is 4.79 Å². The minimum absolute atomic E-state index is 0.144. The summed E-state index contributed by atoms with van der Waals surface area (Å²) in [6.07, 6.45) is 6.79. The van der Waals surface area contributed by atoms with E-state index in [1.165, 1.54) is 12.8 Å². The smallest absolute Gasteiger partial charge is 0.220 e. The van der Waals surface area contributed by atoms with E-state index in [1.54, 1.807) is 0 Å². The van der Waals surface area contributed by atoms with Crippen LogP contribution in [0, 0.1) is 17.8 Å². The van der Waals surface area contributed by atoms with Gasteiger partial charge in [0.1, 0.15) is 5.82 Å². The number of amides is 1. The van der Waals surface area contributed by atoms with E-state index in [1.807, 2.05) is 12.4 Å². The topological polar surface area (TPSA) is 59.0 Å². The molecule has 1 aliphatic heterocycles. The van der Waals surface area contributed by atoms with Crippen molar-refractivity contribution in [3.63, 3.8) is 0 Å². The van der Waals surface area contributed by atoms with Crippen molar-refractivity contribution >= 4 is 5.91 Å². The summed E-state index contributed by atoms with van der Waals surface area (Å²) in [6, 6.07) is 0. The lowest BCUT2D eigenvalue weighted by Crippen LogP contribution is -2.33. The zero-order valence-electron chi connectivity index (χ0n) is 14.1. The molecule has 0 radical (unpaired) electrons. The molecule has 5 nitrogen and oxygen atoms in total. The summed E-state index contributed by atoms with van der Waals surface area (Å²) >= 11 is 0. The van der Waals surface area contributed by atoms with Crippen LogP contribution in [0.1, 0.15) is 45.9 Å². The van der Waals surface area contributed by atoms with E-state index in [2.05, 4.69) is 41.0 Å². The van der Waals surface area contributed by atoms with Crippen molar-refractivity contribution in [1.29, 1.82) is 0 Å². The molecule has 1 fully saturated rings. The Hall–Kier alpha value is -1.36. The van der Waals surface area contributed by atoms with Crippen LogP contribution in [0.4, 0.5) is 0 Å². The van der Waals surface area contributed by atoms with E-state index in [9.17, 15) is 4.79 Å². The second-order valence-electron chi connectivity index (χ2n) is 6.94. The van der Waals surface area contributed by atoms with E-state index in [-0.39, 0.29) is 5.91 Å². The van der Waals surface area contributed by atoms with Crippen LogP contribution in [0.5, 0.6) is 0 Å². The molecule has 1 aromatic rings. The lowest BCUT2D eigenvalue weighted by atomic mass is 9.84. The molecule has 2 heterocycles. The van der Waals surface area contributed by atoms with Crippen molar-refractivity contribution in [2.24, 2.45) is 17.8 Å². The number of hydrogen-bond donors (Lipinski definition) is 2. The molecule has 0 aliphatic carbocycles.